The Bertz CT molecular complexity index is 748. The number of hydrogen-bond donors (Lipinski definition) is 1. The molecule has 1 N–H and O–H groups in total. The van der Waals surface area contributed by atoms with Crippen molar-refractivity contribution in [3.05, 3.63) is 16.5 Å². The van der Waals surface area contributed by atoms with Crippen LogP contribution < -0.4 is 10.2 Å². The van der Waals surface area contributed by atoms with E-state index < -0.39 is 0 Å². The van der Waals surface area contributed by atoms with E-state index in [-0.39, 0.29) is 0 Å². The van der Waals surface area contributed by atoms with E-state index in [1.54, 1.807) is 22.7 Å². The monoisotopic (exact) mass is 410 g/mol. The number of amides is 1. The van der Waals surface area contributed by atoms with Crippen molar-refractivity contribution < 1.29 is 4.79 Å². The largest absolute Gasteiger partial charge is 0.359 e. The lowest BCUT2D eigenvalue weighted by molar-refractivity contribution is -0.105. The van der Waals surface area contributed by atoms with Crippen LogP contribution in [0.15, 0.2) is 11.4 Å². The Morgan fingerprint density at radius 2 is 1.96 bits per heavy atom. The minimum Gasteiger partial charge on any atom is -0.359 e. The van der Waals surface area contributed by atoms with E-state index in [4.69, 9.17) is 11.6 Å². The molecular weight excluding hydrogens is 388 g/mol. The first kappa shape index (κ1) is 18.2. The number of thiazole rings is 1. The van der Waals surface area contributed by atoms with Gasteiger partial charge in [0.15, 0.2) is 5.13 Å². The molecule has 0 atom stereocenters. The molecule has 8 heteroatoms. The lowest BCUT2D eigenvalue weighted by Gasteiger charge is -2.41. The number of aromatic nitrogens is 1. The van der Waals surface area contributed by atoms with Crippen molar-refractivity contribution in [2.24, 2.45) is 0 Å². The molecule has 0 unspecified atom stereocenters. The first-order valence-electron chi connectivity index (χ1n) is 9.19. The van der Waals surface area contributed by atoms with Gasteiger partial charge in [0.05, 0.1) is 9.90 Å². The Labute approximate surface area is 167 Å². The van der Waals surface area contributed by atoms with Gasteiger partial charge >= 0.3 is 0 Å². The van der Waals surface area contributed by atoms with Gasteiger partial charge in [0, 0.05) is 37.6 Å². The minimum absolute atomic E-state index is 0.643. The van der Waals surface area contributed by atoms with Crippen LogP contribution >= 0.6 is 34.3 Å². The van der Waals surface area contributed by atoms with Crippen LogP contribution in [0.5, 0.6) is 0 Å². The number of piperazine rings is 1. The molecule has 2 aliphatic rings. The summed E-state index contributed by atoms with van der Waals surface area (Å²) in [6, 6.07) is 2.73. The second kappa shape index (κ2) is 8.25. The number of carbonyl (C=O) groups is 1. The van der Waals surface area contributed by atoms with Gasteiger partial charge in [0.2, 0.25) is 6.41 Å². The summed E-state index contributed by atoms with van der Waals surface area (Å²) in [4.78, 5) is 21.6. The number of carbonyl (C=O) groups excluding carboxylic acids is 1. The SMILES string of the molecule is O=CNc1nc(-c2cc(Cl)cs2)c(N2CCN(C3CCCCC3)CC2)s1. The van der Waals surface area contributed by atoms with Gasteiger partial charge in [-0.3, -0.25) is 9.69 Å². The number of anilines is 2. The summed E-state index contributed by atoms with van der Waals surface area (Å²) in [5.74, 6) is 0. The molecule has 1 aliphatic carbocycles. The predicted molar refractivity (Wildman–Crippen MR) is 111 cm³/mol. The molecule has 140 valence electrons. The summed E-state index contributed by atoms with van der Waals surface area (Å²) in [5.41, 5.74) is 0.933. The van der Waals surface area contributed by atoms with Gasteiger partial charge in [-0.15, -0.1) is 11.3 Å². The minimum atomic E-state index is 0.643. The average Bonchev–Trinajstić information content (AvgIpc) is 3.29. The molecule has 0 spiro atoms. The van der Waals surface area contributed by atoms with Crippen molar-refractivity contribution in [3.63, 3.8) is 0 Å². The zero-order valence-electron chi connectivity index (χ0n) is 14.6. The zero-order valence-corrected chi connectivity index (χ0v) is 17.0. The highest BCUT2D eigenvalue weighted by Crippen LogP contribution is 2.42. The summed E-state index contributed by atoms with van der Waals surface area (Å²) < 4.78 is 0. The lowest BCUT2D eigenvalue weighted by atomic mass is 9.94. The van der Waals surface area contributed by atoms with E-state index in [2.05, 4.69) is 20.1 Å². The predicted octanol–water partition coefficient (Wildman–Crippen LogP) is 4.55. The Balaban J connectivity index is 1.51. The summed E-state index contributed by atoms with van der Waals surface area (Å²) in [7, 11) is 0. The van der Waals surface area contributed by atoms with Crippen molar-refractivity contribution >= 4 is 50.8 Å². The van der Waals surface area contributed by atoms with E-state index in [9.17, 15) is 4.79 Å². The van der Waals surface area contributed by atoms with Crippen LogP contribution in [0, 0.1) is 0 Å². The molecule has 3 heterocycles. The molecule has 2 aromatic rings. The second-order valence-electron chi connectivity index (χ2n) is 6.88. The third kappa shape index (κ3) is 3.91. The number of nitrogens with zero attached hydrogens (tertiary/aromatic N) is 3. The van der Waals surface area contributed by atoms with Crippen molar-refractivity contribution in [3.8, 4) is 10.6 Å². The maximum absolute atomic E-state index is 10.8. The molecule has 1 aliphatic heterocycles. The maximum atomic E-state index is 10.8. The summed E-state index contributed by atoms with van der Waals surface area (Å²) in [5, 5.41) is 7.14. The van der Waals surface area contributed by atoms with Crippen molar-refractivity contribution in [1.82, 2.24) is 9.88 Å². The highest BCUT2D eigenvalue weighted by molar-refractivity contribution is 7.21. The van der Waals surface area contributed by atoms with E-state index >= 15 is 0 Å². The normalized spacial score (nSPS) is 19.7. The van der Waals surface area contributed by atoms with Gasteiger partial charge in [-0.25, -0.2) is 4.98 Å². The van der Waals surface area contributed by atoms with Crippen molar-refractivity contribution in [2.75, 3.05) is 36.4 Å². The van der Waals surface area contributed by atoms with Crippen LogP contribution in [0.1, 0.15) is 32.1 Å². The third-order valence-corrected chi connectivity index (χ3v) is 7.62. The van der Waals surface area contributed by atoms with Gasteiger partial charge in [-0.05, 0) is 18.9 Å². The Morgan fingerprint density at radius 1 is 1.19 bits per heavy atom. The summed E-state index contributed by atoms with van der Waals surface area (Å²) in [6.45, 7) is 4.21. The van der Waals surface area contributed by atoms with Crippen LogP contribution in [0.25, 0.3) is 10.6 Å². The first-order chi connectivity index (χ1) is 12.7. The molecule has 1 amide bonds. The molecule has 5 nitrogen and oxygen atoms in total. The molecule has 26 heavy (non-hydrogen) atoms. The molecule has 2 fully saturated rings. The van der Waals surface area contributed by atoms with Crippen molar-refractivity contribution in [2.45, 2.75) is 38.1 Å². The van der Waals surface area contributed by atoms with Gasteiger partial charge in [0.25, 0.3) is 0 Å². The highest BCUT2D eigenvalue weighted by atomic mass is 35.5. The Kier molecular flexibility index (Phi) is 5.78. The quantitative estimate of drug-likeness (QED) is 0.734. The molecule has 0 aromatic carbocycles. The van der Waals surface area contributed by atoms with Gasteiger partial charge in [-0.1, -0.05) is 42.2 Å². The maximum Gasteiger partial charge on any atom is 0.213 e. The van der Waals surface area contributed by atoms with Crippen LogP contribution in [-0.2, 0) is 4.79 Å². The molecular formula is C18H23ClN4OS2. The van der Waals surface area contributed by atoms with Crippen LogP contribution in [-0.4, -0.2) is 48.5 Å². The number of rotatable bonds is 5. The summed E-state index contributed by atoms with van der Waals surface area (Å²) in [6.07, 6.45) is 7.55. The molecule has 1 saturated carbocycles. The number of nitrogens with one attached hydrogen (secondary N) is 1. The lowest BCUT2D eigenvalue weighted by Crippen LogP contribution is -2.50. The molecule has 0 radical (unpaired) electrons. The molecule has 0 bridgehead atoms. The van der Waals surface area contributed by atoms with Crippen LogP contribution in [0.2, 0.25) is 5.02 Å². The average molecular weight is 411 g/mol. The topological polar surface area (TPSA) is 48.5 Å². The number of hydrogen-bond acceptors (Lipinski definition) is 6. The fraction of sp³-hybridized carbons (Fsp3) is 0.556. The fourth-order valence-corrected chi connectivity index (χ4v) is 6.09. The zero-order chi connectivity index (χ0) is 17.9. The second-order valence-corrected chi connectivity index (χ2v) is 9.20. The van der Waals surface area contributed by atoms with Gasteiger partial charge in [0.1, 0.15) is 10.7 Å². The fourth-order valence-electron chi connectivity index (χ4n) is 3.97. The smallest absolute Gasteiger partial charge is 0.213 e. The Hall–Kier alpha value is -1.15. The first-order valence-corrected chi connectivity index (χ1v) is 11.3. The summed E-state index contributed by atoms with van der Waals surface area (Å²) >= 11 is 9.26. The van der Waals surface area contributed by atoms with Crippen molar-refractivity contribution in [1.29, 1.82) is 0 Å². The van der Waals surface area contributed by atoms with Gasteiger partial charge < -0.3 is 10.2 Å². The van der Waals surface area contributed by atoms with Crippen LogP contribution in [0.4, 0.5) is 10.1 Å². The number of thiophene rings is 1. The van der Waals surface area contributed by atoms with E-state index in [1.165, 1.54) is 32.1 Å². The molecule has 4 rings (SSSR count). The molecule has 2 aromatic heterocycles. The third-order valence-electron chi connectivity index (χ3n) is 5.29. The molecule has 1 saturated heterocycles. The van der Waals surface area contributed by atoms with Gasteiger partial charge in [-0.2, -0.15) is 0 Å². The standard InChI is InChI=1S/C18H23ClN4OS2/c19-13-10-15(25-11-13)16-17(26-18(21-16)20-12-24)23-8-6-22(7-9-23)14-4-2-1-3-5-14/h10-12,14H,1-9H2,(H,20,21,24). The Morgan fingerprint density at radius 3 is 2.62 bits per heavy atom. The number of halogens is 1. The van der Waals surface area contributed by atoms with E-state index in [0.29, 0.717) is 11.5 Å². The van der Waals surface area contributed by atoms with E-state index in [0.717, 1.165) is 52.8 Å². The highest BCUT2D eigenvalue weighted by Gasteiger charge is 2.28. The van der Waals surface area contributed by atoms with E-state index in [1.807, 2.05) is 11.4 Å². The van der Waals surface area contributed by atoms with Crippen LogP contribution in [0.3, 0.4) is 0 Å².